The van der Waals surface area contributed by atoms with Gasteiger partial charge < -0.3 is 21.2 Å². The van der Waals surface area contributed by atoms with Gasteiger partial charge in [0.05, 0.1) is 22.3 Å². The van der Waals surface area contributed by atoms with Crippen LogP contribution in [-0.2, 0) is 0 Å². The summed E-state index contributed by atoms with van der Waals surface area (Å²) in [5, 5.41) is 3.56. The molecule has 0 aliphatic rings. The molecule has 0 radical (unpaired) electrons. The van der Waals surface area contributed by atoms with E-state index < -0.39 is 5.91 Å². The predicted octanol–water partition coefficient (Wildman–Crippen LogP) is 3.40. The lowest BCUT2D eigenvalue weighted by molar-refractivity contribution is 0.100. The number of nitrogens with two attached hydrogens (primary N) is 2. The van der Waals surface area contributed by atoms with Gasteiger partial charge in [0.15, 0.2) is 0 Å². The van der Waals surface area contributed by atoms with Crippen molar-refractivity contribution in [2.45, 2.75) is 26.8 Å². The van der Waals surface area contributed by atoms with Crippen molar-refractivity contribution >= 4 is 28.9 Å². The van der Waals surface area contributed by atoms with Crippen LogP contribution in [0.25, 0.3) is 0 Å². The zero-order chi connectivity index (χ0) is 15.7. The number of nitrogens with one attached hydrogen (secondary N) is 1. The van der Waals surface area contributed by atoms with Crippen LogP contribution in [0, 0.1) is 13.8 Å². The Kier molecular flexibility index (Phi) is 4.14. The molecule has 5 nitrogen and oxygen atoms in total. The van der Waals surface area contributed by atoms with Crippen molar-refractivity contribution < 1.29 is 9.21 Å². The van der Waals surface area contributed by atoms with Gasteiger partial charge in [-0.25, -0.2) is 0 Å². The van der Waals surface area contributed by atoms with E-state index in [1.807, 2.05) is 26.8 Å². The first-order chi connectivity index (χ1) is 9.79. The van der Waals surface area contributed by atoms with E-state index in [-0.39, 0.29) is 11.6 Å². The summed E-state index contributed by atoms with van der Waals surface area (Å²) in [6, 6.07) is 4.94. The molecule has 1 atom stereocenters. The molecule has 1 aromatic heterocycles. The van der Waals surface area contributed by atoms with E-state index in [0.29, 0.717) is 16.4 Å². The van der Waals surface area contributed by atoms with Crippen molar-refractivity contribution in [3.8, 4) is 0 Å². The Morgan fingerprint density at radius 2 is 2.00 bits per heavy atom. The third-order valence-corrected chi connectivity index (χ3v) is 3.58. The number of primary amides is 1. The van der Waals surface area contributed by atoms with Crippen LogP contribution in [0.3, 0.4) is 0 Å². The molecule has 0 saturated carbocycles. The molecule has 6 heteroatoms. The molecule has 1 unspecified atom stereocenters. The molecule has 0 spiro atoms. The summed E-state index contributed by atoms with van der Waals surface area (Å²) in [4.78, 5) is 11.6. The number of rotatable bonds is 4. The van der Waals surface area contributed by atoms with Crippen LogP contribution in [0.4, 0.5) is 11.4 Å². The van der Waals surface area contributed by atoms with Crippen LogP contribution in [0.2, 0.25) is 5.02 Å². The number of nitrogen functional groups attached to an aromatic ring is 1. The van der Waals surface area contributed by atoms with Crippen molar-refractivity contribution in [3.05, 3.63) is 45.9 Å². The highest BCUT2D eigenvalue weighted by atomic mass is 35.5. The Morgan fingerprint density at radius 3 is 2.52 bits per heavy atom. The minimum atomic E-state index is -0.584. The molecule has 112 valence electrons. The van der Waals surface area contributed by atoms with Gasteiger partial charge >= 0.3 is 0 Å². The molecule has 0 aliphatic carbocycles. The molecule has 1 amide bonds. The van der Waals surface area contributed by atoms with Crippen molar-refractivity contribution in [2.24, 2.45) is 5.73 Å². The van der Waals surface area contributed by atoms with E-state index in [0.717, 1.165) is 17.1 Å². The van der Waals surface area contributed by atoms with Gasteiger partial charge in [-0.2, -0.15) is 0 Å². The molecule has 0 bridgehead atoms. The lowest BCUT2D eigenvalue weighted by Crippen LogP contribution is -2.17. The lowest BCUT2D eigenvalue weighted by atomic mass is 10.1. The van der Waals surface area contributed by atoms with Crippen LogP contribution in [0.15, 0.2) is 22.6 Å². The summed E-state index contributed by atoms with van der Waals surface area (Å²) in [7, 11) is 0. The summed E-state index contributed by atoms with van der Waals surface area (Å²) in [6.07, 6.45) is 0. The Balaban J connectivity index is 2.39. The van der Waals surface area contributed by atoms with Gasteiger partial charge in [0.1, 0.15) is 11.5 Å². The largest absolute Gasteiger partial charge is 0.466 e. The van der Waals surface area contributed by atoms with E-state index in [1.165, 1.54) is 6.07 Å². The van der Waals surface area contributed by atoms with Gasteiger partial charge in [-0.05, 0) is 39.0 Å². The number of halogens is 1. The molecular formula is C15H18ClN3O2. The van der Waals surface area contributed by atoms with Crippen molar-refractivity contribution in [3.63, 3.8) is 0 Å². The summed E-state index contributed by atoms with van der Waals surface area (Å²) < 4.78 is 5.52. The summed E-state index contributed by atoms with van der Waals surface area (Å²) in [5.74, 6) is 1.06. The van der Waals surface area contributed by atoms with Crippen molar-refractivity contribution in [1.29, 1.82) is 0 Å². The second kappa shape index (κ2) is 5.69. The first kappa shape index (κ1) is 15.3. The molecule has 0 fully saturated rings. The summed E-state index contributed by atoms with van der Waals surface area (Å²) in [6.45, 7) is 5.73. The van der Waals surface area contributed by atoms with Crippen LogP contribution in [-0.4, -0.2) is 5.91 Å². The Morgan fingerprint density at radius 1 is 1.33 bits per heavy atom. The van der Waals surface area contributed by atoms with E-state index >= 15 is 0 Å². The fourth-order valence-corrected chi connectivity index (χ4v) is 2.63. The second-order valence-electron chi connectivity index (χ2n) is 5.02. The molecule has 21 heavy (non-hydrogen) atoms. The molecule has 1 heterocycles. The topological polar surface area (TPSA) is 94.3 Å². The third kappa shape index (κ3) is 3.13. The zero-order valence-corrected chi connectivity index (χ0v) is 12.9. The zero-order valence-electron chi connectivity index (χ0n) is 12.2. The average Bonchev–Trinajstić information content (AvgIpc) is 2.71. The first-order valence-electron chi connectivity index (χ1n) is 6.52. The summed E-state index contributed by atoms with van der Waals surface area (Å²) >= 11 is 6.18. The highest BCUT2D eigenvalue weighted by molar-refractivity contribution is 6.34. The fourth-order valence-electron chi connectivity index (χ4n) is 2.34. The summed E-state index contributed by atoms with van der Waals surface area (Å²) in [5.41, 5.74) is 13.2. The van der Waals surface area contributed by atoms with Crippen LogP contribution < -0.4 is 16.8 Å². The van der Waals surface area contributed by atoms with Gasteiger partial charge in [0.25, 0.3) is 5.91 Å². The monoisotopic (exact) mass is 307 g/mol. The van der Waals surface area contributed by atoms with Crippen LogP contribution in [0.5, 0.6) is 0 Å². The van der Waals surface area contributed by atoms with Crippen LogP contribution in [0.1, 0.15) is 40.4 Å². The number of carbonyl (C=O) groups excluding carboxylic acids is 1. The maximum absolute atomic E-state index is 11.6. The fraction of sp³-hybridized carbons (Fsp3) is 0.267. The second-order valence-corrected chi connectivity index (χ2v) is 5.43. The number of anilines is 2. The van der Waals surface area contributed by atoms with Crippen molar-refractivity contribution in [2.75, 3.05) is 11.1 Å². The highest BCUT2D eigenvalue weighted by Gasteiger charge is 2.18. The Labute approximate surface area is 128 Å². The normalized spacial score (nSPS) is 12.2. The van der Waals surface area contributed by atoms with Gasteiger partial charge in [-0.3, -0.25) is 4.79 Å². The Bertz CT molecular complexity index is 694. The number of aryl methyl sites for hydroxylation is 2. The standard InChI is InChI=1S/C15H18ClN3O2/c1-7-4-11(9(3)21-7)8(2)19-14-12(15(18)20)5-10(17)6-13(14)16/h4-6,8,19H,17H2,1-3H3,(H2,18,20). The Hall–Kier alpha value is -2.14. The first-order valence-corrected chi connectivity index (χ1v) is 6.89. The van der Waals surface area contributed by atoms with Gasteiger partial charge in [0.2, 0.25) is 0 Å². The number of hydrogen-bond donors (Lipinski definition) is 3. The van der Waals surface area contributed by atoms with E-state index in [1.54, 1.807) is 6.07 Å². The number of carbonyl (C=O) groups is 1. The number of benzene rings is 1. The highest BCUT2D eigenvalue weighted by Crippen LogP contribution is 2.33. The van der Waals surface area contributed by atoms with E-state index in [2.05, 4.69) is 5.32 Å². The number of hydrogen-bond acceptors (Lipinski definition) is 4. The minimum absolute atomic E-state index is 0.0957. The quantitative estimate of drug-likeness (QED) is 0.754. The number of amides is 1. The van der Waals surface area contributed by atoms with Gasteiger partial charge in [-0.15, -0.1) is 0 Å². The predicted molar refractivity (Wildman–Crippen MR) is 84.6 cm³/mol. The maximum Gasteiger partial charge on any atom is 0.250 e. The molecule has 2 aromatic rings. The molecule has 0 aliphatic heterocycles. The molecule has 2 rings (SSSR count). The smallest absolute Gasteiger partial charge is 0.250 e. The number of furan rings is 1. The lowest BCUT2D eigenvalue weighted by Gasteiger charge is -2.18. The third-order valence-electron chi connectivity index (χ3n) is 3.28. The molecule has 0 saturated heterocycles. The maximum atomic E-state index is 11.6. The molecular weight excluding hydrogens is 290 g/mol. The van der Waals surface area contributed by atoms with Gasteiger partial charge in [0, 0.05) is 11.3 Å². The average molecular weight is 308 g/mol. The van der Waals surface area contributed by atoms with E-state index in [9.17, 15) is 4.79 Å². The SMILES string of the molecule is Cc1cc(C(C)Nc2c(Cl)cc(N)cc2C(N)=O)c(C)o1. The minimum Gasteiger partial charge on any atom is -0.466 e. The van der Waals surface area contributed by atoms with Crippen molar-refractivity contribution in [1.82, 2.24) is 0 Å². The molecule has 1 aromatic carbocycles. The van der Waals surface area contributed by atoms with Crippen LogP contribution >= 0.6 is 11.6 Å². The van der Waals surface area contributed by atoms with Gasteiger partial charge in [-0.1, -0.05) is 11.6 Å². The molecule has 5 N–H and O–H groups in total. The van der Waals surface area contributed by atoms with E-state index in [4.69, 9.17) is 27.5 Å².